The van der Waals surface area contributed by atoms with E-state index in [1.54, 1.807) is 10.6 Å². The first-order valence-corrected chi connectivity index (χ1v) is 8.34. The van der Waals surface area contributed by atoms with Crippen LogP contribution in [0.4, 0.5) is 0 Å². The smallest absolute Gasteiger partial charge is 0.270 e. The zero-order valence-corrected chi connectivity index (χ0v) is 14.1. The number of amides is 1. The largest absolute Gasteiger partial charge is 0.491 e. The molecule has 1 aliphatic rings. The molecule has 1 aliphatic heterocycles. The minimum atomic E-state index is -0.222. The molecule has 2 aromatic heterocycles. The molecule has 0 saturated carbocycles. The van der Waals surface area contributed by atoms with Crippen LogP contribution in [0, 0.1) is 0 Å². The van der Waals surface area contributed by atoms with E-state index in [1.807, 2.05) is 38.1 Å². The quantitative estimate of drug-likeness (QED) is 0.790. The van der Waals surface area contributed by atoms with Gasteiger partial charge in [0.05, 0.1) is 11.7 Å². The highest BCUT2D eigenvalue weighted by molar-refractivity contribution is 5.93. The van der Waals surface area contributed by atoms with E-state index in [-0.39, 0.29) is 17.9 Å². The maximum Gasteiger partial charge on any atom is 0.270 e. The number of carbonyl (C=O) groups is 1. The van der Waals surface area contributed by atoms with Crippen molar-refractivity contribution in [2.75, 3.05) is 6.61 Å². The van der Waals surface area contributed by atoms with Crippen LogP contribution in [0.25, 0.3) is 5.78 Å². The molecule has 1 aromatic carbocycles. The van der Waals surface area contributed by atoms with Crippen LogP contribution in [0.2, 0.25) is 0 Å². The molecule has 7 nitrogen and oxygen atoms in total. The number of ether oxygens (including phenoxy) is 1. The van der Waals surface area contributed by atoms with Crippen molar-refractivity contribution in [3.05, 3.63) is 53.6 Å². The summed E-state index contributed by atoms with van der Waals surface area (Å²) in [6, 6.07) is 9.58. The standard InChI is InChI=1S/C18H19N5O2/c1-11(2)15-8-14(22-18-19-10-20-23(15)18)17(24)21-13-7-12-5-3-4-6-16(12)25-9-13/h3-6,8,10-11,13H,7,9H2,1-2H3,(H,21,24)/t13-/m0/s1. The molecule has 0 bridgehead atoms. The van der Waals surface area contributed by atoms with Crippen LogP contribution >= 0.6 is 0 Å². The van der Waals surface area contributed by atoms with E-state index < -0.39 is 0 Å². The lowest BCUT2D eigenvalue weighted by Crippen LogP contribution is -2.43. The Hall–Kier alpha value is -2.96. The second kappa shape index (κ2) is 6.16. The summed E-state index contributed by atoms with van der Waals surface area (Å²) in [7, 11) is 0. The average Bonchev–Trinajstić information content (AvgIpc) is 3.09. The van der Waals surface area contributed by atoms with Crippen molar-refractivity contribution < 1.29 is 9.53 Å². The summed E-state index contributed by atoms with van der Waals surface area (Å²) in [5.41, 5.74) is 2.35. The molecule has 4 rings (SSSR count). The second-order valence-electron chi connectivity index (χ2n) is 6.49. The second-order valence-corrected chi connectivity index (χ2v) is 6.49. The number of benzene rings is 1. The predicted molar refractivity (Wildman–Crippen MR) is 91.8 cm³/mol. The van der Waals surface area contributed by atoms with Gasteiger partial charge in [0.25, 0.3) is 11.7 Å². The summed E-state index contributed by atoms with van der Waals surface area (Å²) in [5.74, 6) is 1.30. The fourth-order valence-corrected chi connectivity index (χ4v) is 3.04. The fraction of sp³-hybridized carbons (Fsp3) is 0.333. The van der Waals surface area contributed by atoms with E-state index in [0.29, 0.717) is 18.1 Å². The molecule has 25 heavy (non-hydrogen) atoms. The van der Waals surface area contributed by atoms with Gasteiger partial charge >= 0.3 is 0 Å². The van der Waals surface area contributed by atoms with Gasteiger partial charge in [0.1, 0.15) is 24.4 Å². The van der Waals surface area contributed by atoms with Gasteiger partial charge in [0, 0.05) is 0 Å². The summed E-state index contributed by atoms with van der Waals surface area (Å²) < 4.78 is 7.40. The first-order valence-electron chi connectivity index (χ1n) is 8.34. The normalized spacial score (nSPS) is 16.5. The van der Waals surface area contributed by atoms with E-state index in [4.69, 9.17) is 4.74 Å². The van der Waals surface area contributed by atoms with Crippen molar-refractivity contribution in [2.24, 2.45) is 0 Å². The van der Waals surface area contributed by atoms with E-state index in [0.717, 1.165) is 23.4 Å². The van der Waals surface area contributed by atoms with E-state index in [1.165, 1.54) is 6.33 Å². The molecule has 3 heterocycles. The third kappa shape index (κ3) is 2.93. The lowest BCUT2D eigenvalue weighted by Gasteiger charge is -2.26. The average molecular weight is 337 g/mol. The first kappa shape index (κ1) is 15.6. The summed E-state index contributed by atoms with van der Waals surface area (Å²) in [4.78, 5) is 21.1. The molecule has 0 radical (unpaired) electrons. The van der Waals surface area contributed by atoms with Crippen molar-refractivity contribution in [3.8, 4) is 5.75 Å². The maximum absolute atomic E-state index is 12.7. The van der Waals surface area contributed by atoms with Crippen molar-refractivity contribution in [3.63, 3.8) is 0 Å². The number of nitrogens with one attached hydrogen (secondary N) is 1. The molecule has 1 atom stereocenters. The fourth-order valence-electron chi connectivity index (χ4n) is 3.04. The molecule has 1 N–H and O–H groups in total. The first-order chi connectivity index (χ1) is 12.1. The molecule has 0 spiro atoms. The molecule has 0 unspecified atom stereocenters. The predicted octanol–water partition coefficient (Wildman–Crippen LogP) is 1.98. The summed E-state index contributed by atoms with van der Waals surface area (Å²) in [6.45, 7) is 4.54. The number of hydrogen-bond acceptors (Lipinski definition) is 5. The number of carbonyl (C=O) groups excluding carboxylic acids is 1. The molecule has 0 fully saturated rings. The van der Waals surface area contributed by atoms with Crippen LogP contribution < -0.4 is 10.1 Å². The molecule has 128 valence electrons. The molecule has 0 aliphatic carbocycles. The number of fused-ring (bicyclic) bond motifs is 2. The van der Waals surface area contributed by atoms with Crippen LogP contribution in [-0.4, -0.2) is 38.1 Å². The Balaban J connectivity index is 1.57. The third-order valence-corrected chi connectivity index (χ3v) is 4.32. The Morgan fingerprint density at radius 2 is 2.20 bits per heavy atom. The summed E-state index contributed by atoms with van der Waals surface area (Å²) >= 11 is 0. The van der Waals surface area contributed by atoms with Gasteiger partial charge in [-0.25, -0.2) is 9.50 Å². The number of nitrogens with zero attached hydrogens (tertiary/aromatic N) is 4. The molecule has 0 saturated heterocycles. The van der Waals surface area contributed by atoms with Gasteiger partial charge in [-0.05, 0) is 30.0 Å². The Morgan fingerprint density at radius 3 is 3.04 bits per heavy atom. The van der Waals surface area contributed by atoms with Gasteiger partial charge in [-0.3, -0.25) is 4.79 Å². The molecule has 7 heteroatoms. The Kier molecular flexibility index (Phi) is 3.83. The highest BCUT2D eigenvalue weighted by Crippen LogP contribution is 2.24. The van der Waals surface area contributed by atoms with Crippen molar-refractivity contribution >= 4 is 11.7 Å². The van der Waals surface area contributed by atoms with Crippen LogP contribution in [-0.2, 0) is 6.42 Å². The third-order valence-electron chi connectivity index (χ3n) is 4.32. The molecular formula is C18H19N5O2. The monoisotopic (exact) mass is 337 g/mol. The zero-order chi connectivity index (χ0) is 17.4. The minimum absolute atomic E-state index is 0.0826. The highest BCUT2D eigenvalue weighted by atomic mass is 16.5. The number of para-hydroxylation sites is 1. The number of rotatable bonds is 3. The maximum atomic E-state index is 12.7. The highest BCUT2D eigenvalue weighted by Gasteiger charge is 2.23. The number of aromatic nitrogens is 4. The van der Waals surface area contributed by atoms with Crippen LogP contribution in [0.5, 0.6) is 5.75 Å². The lowest BCUT2D eigenvalue weighted by molar-refractivity contribution is 0.0910. The van der Waals surface area contributed by atoms with E-state index in [9.17, 15) is 4.79 Å². The Labute approximate surface area is 145 Å². The van der Waals surface area contributed by atoms with Gasteiger partial charge in [0.15, 0.2) is 0 Å². The van der Waals surface area contributed by atoms with Gasteiger partial charge in [-0.15, -0.1) is 0 Å². The zero-order valence-electron chi connectivity index (χ0n) is 14.1. The SMILES string of the molecule is CC(C)c1cc(C(=O)N[C@@H]2COc3ccccc3C2)nc2ncnn12. The van der Waals surface area contributed by atoms with Gasteiger partial charge in [0.2, 0.25) is 0 Å². The molecular weight excluding hydrogens is 318 g/mol. The molecule has 3 aromatic rings. The van der Waals surface area contributed by atoms with E-state index in [2.05, 4.69) is 20.4 Å². The van der Waals surface area contributed by atoms with Crippen molar-refractivity contribution in [2.45, 2.75) is 32.2 Å². The van der Waals surface area contributed by atoms with Gasteiger partial charge in [-0.1, -0.05) is 32.0 Å². The van der Waals surface area contributed by atoms with E-state index >= 15 is 0 Å². The van der Waals surface area contributed by atoms with Crippen LogP contribution in [0.3, 0.4) is 0 Å². The Morgan fingerprint density at radius 1 is 1.36 bits per heavy atom. The van der Waals surface area contributed by atoms with Crippen molar-refractivity contribution in [1.29, 1.82) is 0 Å². The Bertz CT molecular complexity index is 934. The van der Waals surface area contributed by atoms with Crippen molar-refractivity contribution in [1.82, 2.24) is 24.9 Å². The summed E-state index contributed by atoms with van der Waals surface area (Å²) in [6.07, 6.45) is 2.19. The lowest BCUT2D eigenvalue weighted by atomic mass is 10.0. The summed E-state index contributed by atoms with van der Waals surface area (Å²) in [5, 5.41) is 7.19. The molecule has 1 amide bonds. The minimum Gasteiger partial charge on any atom is -0.491 e. The van der Waals surface area contributed by atoms with Gasteiger partial charge in [-0.2, -0.15) is 10.1 Å². The topological polar surface area (TPSA) is 81.4 Å². The van der Waals surface area contributed by atoms with Gasteiger partial charge < -0.3 is 10.1 Å². The van der Waals surface area contributed by atoms with Crippen LogP contribution in [0.1, 0.15) is 41.5 Å². The van der Waals surface area contributed by atoms with Crippen LogP contribution in [0.15, 0.2) is 36.7 Å². The number of hydrogen-bond donors (Lipinski definition) is 1.